The number of carbonyl (C=O) groups excluding carboxylic acids is 2. The van der Waals surface area contributed by atoms with Crippen LogP contribution < -0.4 is 5.32 Å². The van der Waals surface area contributed by atoms with Crippen LogP contribution >= 0.6 is 11.3 Å². The van der Waals surface area contributed by atoms with Crippen molar-refractivity contribution in [2.24, 2.45) is 0 Å². The van der Waals surface area contributed by atoms with Gasteiger partial charge in [0.15, 0.2) is 0 Å². The smallest absolute Gasteiger partial charge is 0.321 e. The lowest BCUT2D eigenvalue weighted by Gasteiger charge is -2.34. The molecule has 126 valence electrons. The van der Waals surface area contributed by atoms with Crippen molar-refractivity contribution in [1.82, 2.24) is 14.8 Å². The van der Waals surface area contributed by atoms with Gasteiger partial charge in [-0.25, -0.2) is 9.78 Å². The summed E-state index contributed by atoms with van der Waals surface area (Å²) in [4.78, 5) is 33.0. The Morgan fingerprint density at radius 3 is 2.46 bits per heavy atom. The van der Waals surface area contributed by atoms with Crippen LogP contribution in [-0.4, -0.2) is 52.9 Å². The molecule has 1 aliphatic heterocycles. The highest BCUT2D eigenvalue weighted by Gasteiger charge is 2.25. The van der Waals surface area contributed by atoms with Crippen molar-refractivity contribution in [1.29, 1.82) is 0 Å². The third-order valence-electron chi connectivity index (χ3n) is 3.96. The Hall–Kier alpha value is -2.41. The summed E-state index contributed by atoms with van der Waals surface area (Å²) in [5, 5.41) is 3.79. The van der Waals surface area contributed by atoms with E-state index in [-0.39, 0.29) is 11.9 Å². The molecule has 0 atom stereocenters. The third kappa shape index (κ3) is 3.73. The second-order valence-electron chi connectivity index (χ2n) is 5.82. The van der Waals surface area contributed by atoms with Gasteiger partial charge in [0.05, 0.1) is 11.2 Å². The Morgan fingerprint density at radius 2 is 1.83 bits per heavy atom. The Balaban J connectivity index is 1.54. The van der Waals surface area contributed by atoms with Gasteiger partial charge in [0.25, 0.3) is 5.91 Å². The van der Waals surface area contributed by atoms with Crippen LogP contribution in [0.5, 0.6) is 0 Å². The summed E-state index contributed by atoms with van der Waals surface area (Å²) in [6, 6.07) is 7.58. The van der Waals surface area contributed by atoms with E-state index in [9.17, 15) is 9.59 Å². The van der Waals surface area contributed by atoms with E-state index >= 15 is 0 Å². The molecule has 0 aliphatic carbocycles. The van der Waals surface area contributed by atoms with Crippen molar-refractivity contribution in [2.75, 3.05) is 31.5 Å². The van der Waals surface area contributed by atoms with Crippen LogP contribution in [0.3, 0.4) is 0 Å². The van der Waals surface area contributed by atoms with E-state index in [0.29, 0.717) is 31.1 Å². The minimum atomic E-state index is -0.124. The molecule has 2 aromatic rings. The highest BCUT2D eigenvalue weighted by Crippen LogP contribution is 2.16. The summed E-state index contributed by atoms with van der Waals surface area (Å²) >= 11 is 1.40. The summed E-state index contributed by atoms with van der Waals surface area (Å²) in [6.45, 7) is 6.01. The van der Waals surface area contributed by atoms with Crippen molar-refractivity contribution in [3.63, 3.8) is 0 Å². The van der Waals surface area contributed by atoms with E-state index in [2.05, 4.69) is 10.3 Å². The molecule has 24 heavy (non-hydrogen) atoms. The average molecular weight is 344 g/mol. The Kier molecular flexibility index (Phi) is 4.80. The number of urea groups is 1. The lowest BCUT2D eigenvalue weighted by atomic mass is 10.2. The highest BCUT2D eigenvalue weighted by molar-refractivity contribution is 7.13. The van der Waals surface area contributed by atoms with Crippen LogP contribution in [0, 0.1) is 13.8 Å². The Morgan fingerprint density at radius 1 is 1.12 bits per heavy atom. The zero-order valence-corrected chi connectivity index (χ0v) is 14.6. The van der Waals surface area contributed by atoms with E-state index in [1.165, 1.54) is 11.3 Å². The van der Waals surface area contributed by atoms with E-state index < -0.39 is 0 Å². The van der Waals surface area contributed by atoms with Crippen LogP contribution in [0.2, 0.25) is 0 Å². The second kappa shape index (κ2) is 7.00. The molecular formula is C17H20N4O2S. The fourth-order valence-corrected chi connectivity index (χ4v) is 3.40. The lowest BCUT2D eigenvalue weighted by Crippen LogP contribution is -2.51. The molecule has 1 saturated heterocycles. The molecule has 6 nitrogen and oxygen atoms in total. The monoisotopic (exact) mass is 344 g/mol. The summed E-state index contributed by atoms with van der Waals surface area (Å²) < 4.78 is 0. The summed E-state index contributed by atoms with van der Waals surface area (Å²) in [6.07, 6.45) is 1.62. The zero-order chi connectivity index (χ0) is 17.1. The minimum Gasteiger partial charge on any atom is -0.334 e. The maximum Gasteiger partial charge on any atom is 0.321 e. The number of amides is 3. The van der Waals surface area contributed by atoms with Gasteiger partial charge in [-0.15, -0.1) is 11.3 Å². The van der Waals surface area contributed by atoms with Crippen LogP contribution in [0.1, 0.15) is 20.2 Å². The molecule has 2 heterocycles. The average Bonchev–Trinajstić information content (AvgIpc) is 3.01. The van der Waals surface area contributed by atoms with Gasteiger partial charge >= 0.3 is 6.03 Å². The molecule has 3 rings (SSSR count). The van der Waals surface area contributed by atoms with Crippen LogP contribution in [0.15, 0.2) is 30.5 Å². The Labute approximate surface area is 145 Å². The molecule has 1 aliphatic rings. The number of carbonyl (C=O) groups is 2. The van der Waals surface area contributed by atoms with Crippen LogP contribution in [0.25, 0.3) is 0 Å². The molecule has 0 bridgehead atoms. The number of piperazine rings is 1. The second-order valence-corrected chi connectivity index (χ2v) is 7.06. The summed E-state index contributed by atoms with van der Waals surface area (Å²) in [5.41, 5.74) is 1.89. The van der Waals surface area contributed by atoms with Crippen molar-refractivity contribution in [3.05, 3.63) is 45.9 Å². The number of aryl methyl sites for hydroxylation is 2. The van der Waals surface area contributed by atoms with E-state index in [1.807, 2.05) is 38.1 Å². The number of benzene rings is 1. The molecule has 1 aromatic carbocycles. The largest absolute Gasteiger partial charge is 0.334 e. The number of aromatic nitrogens is 1. The first-order chi connectivity index (χ1) is 11.5. The molecule has 1 aromatic heterocycles. The summed E-state index contributed by atoms with van der Waals surface area (Å²) in [7, 11) is 0. The van der Waals surface area contributed by atoms with E-state index in [4.69, 9.17) is 0 Å². The van der Waals surface area contributed by atoms with Gasteiger partial charge in [0.1, 0.15) is 4.88 Å². The summed E-state index contributed by atoms with van der Waals surface area (Å²) in [5.74, 6) is -0.000609. The number of anilines is 1. The van der Waals surface area contributed by atoms with Gasteiger partial charge in [0, 0.05) is 31.9 Å². The van der Waals surface area contributed by atoms with Gasteiger partial charge in [-0.3, -0.25) is 4.79 Å². The highest BCUT2D eigenvalue weighted by atomic mass is 32.1. The standard InChI is InChI=1S/C17H20N4O2S/c1-12-4-3-5-14(10-12)19-17(23)21-8-6-20(7-9-21)16(22)15-11-18-13(2)24-15/h3-5,10-11H,6-9H2,1-2H3,(H,19,23). The normalized spacial score (nSPS) is 14.6. The maximum atomic E-state index is 12.4. The number of nitrogens with zero attached hydrogens (tertiary/aromatic N) is 3. The van der Waals surface area contributed by atoms with Gasteiger partial charge in [-0.2, -0.15) is 0 Å². The third-order valence-corrected chi connectivity index (χ3v) is 4.86. The topological polar surface area (TPSA) is 65.5 Å². The zero-order valence-electron chi connectivity index (χ0n) is 13.8. The number of nitrogens with one attached hydrogen (secondary N) is 1. The lowest BCUT2D eigenvalue weighted by molar-refractivity contribution is 0.0676. The van der Waals surface area contributed by atoms with Gasteiger partial charge < -0.3 is 15.1 Å². The molecule has 0 spiro atoms. The van der Waals surface area contributed by atoms with Crippen molar-refractivity contribution < 1.29 is 9.59 Å². The quantitative estimate of drug-likeness (QED) is 0.911. The fraction of sp³-hybridized carbons (Fsp3) is 0.353. The fourth-order valence-electron chi connectivity index (χ4n) is 2.65. The molecule has 7 heteroatoms. The molecular weight excluding hydrogens is 324 g/mol. The van der Waals surface area contributed by atoms with Crippen molar-refractivity contribution >= 4 is 29.0 Å². The molecule has 0 unspecified atom stereocenters. The number of hydrogen-bond donors (Lipinski definition) is 1. The van der Waals surface area contributed by atoms with Gasteiger partial charge in [-0.1, -0.05) is 12.1 Å². The molecule has 0 saturated carbocycles. The molecule has 3 amide bonds. The van der Waals surface area contributed by atoms with Gasteiger partial charge in [-0.05, 0) is 31.5 Å². The predicted octanol–water partition coefficient (Wildman–Crippen LogP) is 2.75. The van der Waals surface area contributed by atoms with Crippen LogP contribution in [0.4, 0.5) is 10.5 Å². The number of thiazole rings is 1. The molecule has 0 radical (unpaired) electrons. The molecule has 1 fully saturated rings. The number of rotatable bonds is 2. The van der Waals surface area contributed by atoms with Gasteiger partial charge in [0.2, 0.25) is 0 Å². The number of hydrogen-bond acceptors (Lipinski definition) is 4. The molecule has 1 N–H and O–H groups in total. The Bertz CT molecular complexity index is 751. The van der Waals surface area contributed by atoms with E-state index in [1.54, 1.807) is 16.0 Å². The van der Waals surface area contributed by atoms with Crippen LogP contribution in [-0.2, 0) is 0 Å². The predicted molar refractivity (Wildman–Crippen MR) is 94.5 cm³/mol. The van der Waals surface area contributed by atoms with Crippen molar-refractivity contribution in [3.8, 4) is 0 Å². The first-order valence-electron chi connectivity index (χ1n) is 7.87. The minimum absolute atomic E-state index is 0.000609. The van der Waals surface area contributed by atoms with Crippen molar-refractivity contribution in [2.45, 2.75) is 13.8 Å². The maximum absolute atomic E-state index is 12.4. The SMILES string of the molecule is Cc1cccc(NC(=O)N2CCN(C(=O)c3cnc(C)s3)CC2)c1. The first-order valence-corrected chi connectivity index (χ1v) is 8.69. The first kappa shape index (κ1) is 16.4. The van der Waals surface area contributed by atoms with E-state index in [0.717, 1.165) is 16.3 Å².